The van der Waals surface area contributed by atoms with Crippen molar-refractivity contribution >= 4 is 5.97 Å². The van der Waals surface area contributed by atoms with E-state index >= 15 is 0 Å². The first-order chi connectivity index (χ1) is 8.61. The SMILES string of the molecule is COC(=O)C1CC(O)CN1Cc1ccccc1C. The van der Waals surface area contributed by atoms with Crippen LogP contribution in [0.4, 0.5) is 0 Å². The van der Waals surface area contributed by atoms with Gasteiger partial charge in [-0.15, -0.1) is 0 Å². The standard InChI is InChI=1S/C14H19NO3/c1-10-5-3-4-6-11(10)8-15-9-12(16)7-13(15)14(17)18-2/h3-6,12-13,16H,7-9H2,1-2H3. The Labute approximate surface area is 107 Å². The predicted molar refractivity (Wildman–Crippen MR) is 68.0 cm³/mol. The van der Waals surface area contributed by atoms with Gasteiger partial charge in [0.25, 0.3) is 0 Å². The number of aryl methyl sites for hydroxylation is 1. The first-order valence-corrected chi connectivity index (χ1v) is 6.16. The number of likely N-dealkylation sites (tertiary alicyclic amines) is 1. The second-order valence-corrected chi connectivity index (χ2v) is 4.78. The van der Waals surface area contributed by atoms with Crippen LogP contribution in [-0.4, -0.2) is 41.8 Å². The van der Waals surface area contributed by atoms with Crippen molar-refractivity contribution in [3.05, 3.63) is 35.4 Å². The number of rotatable bonds is 3. The lowest BCUT2D eigenvalue weighted by Crippen LogP contribution is -2.36. The van der Waals surface area contributed by atoms with Gasteiger partial charge in [0.05, 0.1) is 13.2 Å². The monoisotopic (exact) mass is 249 g/mol. The summed E-state index contributed by atoms with van der Waals surface area (Å²) < 4.78 is 4.79. The molecule has 1 N–H and O–H groups in total. The number of hydrogen-bond acceptors (Lipinski definition) is 4. The molecule has 2 atom stereocenters. The van der Waals surface area contributed by atoms with Crippen LogP contribution in [0.25, 0.3) is 0 Å². The Balaban J connectivity index is 2.12. The van der Waals surface area contributed by atoms with Gasteiger partial charge in [0, 0.05) is 19.5 Å². The minimum Gasteiger partial charge on any atom is -0.468 e. The number of hydrogen-bond donors (Lipinski definition) is 1. The van der Waals surface area contributed by atoms with Crippen LogP contribution < -0.4 is 0 Å². The van der Waals surface area contributed by atoms with Crippen LogP contribution in [0.2, 0.25) is 0 Å². The highest BCUT2D eigenvalue weighted by Crippen LogP contribution is 2.22. The summed E-state index contributed by atoms with van der Waals surface area (Å²) in [5.41, 5.74) is 2.38. The zero-order chi connectivity index (χ0) is 13.1. The third-order valence-corrected chi connectivity index (χ3v) is 3.49. The minimum atomic E-state index is -0.446. The largest absolute Gasteiger partial charge is 0.468 e. The van der Waals surface area contributed by atoms with Crippen molar-refractivity contribution < 1.29 is 14.6 Å². The molecule has 1 aliphatic heterocycles. The molecule has 2 unspecified atom stereocenters. The molecule has 1 saturated heterocycles. The Hall–Kier alpha value is -1.39. The van der Waals surface area contributed by atoms with E-state index in [1.165, 1.54) is 18.2 Å². The van der Waals surface area contributed by atoms with Gasteiger partial charge in [0.2, 0.25) is 0 Å². The van der Waals surface area contributed by atoms with E-state index in [0.29, 0.717) is 19.5 Å². The lowest BCUT2D eigenvalue weighted by molar-refractivity contribution is -0.146. The summed E-state index contributed by atoms with van der Waals surface area (Å²) in [6.07, 6.45) is 0.0107. The van der Waals surface area contributed by atoms with Crippen LogP contribution in [0.3, 0.4) is 0 Å². The van der Waals surface area contributed by atoms with Crippen molar-refractivity contribution in [1.82, 2.24) is 4.90 Å². The quantitative estimate of drug-likeness (QED) is 0.815. The predicted octanol–water partition coefficient (Wildman–Crippen LogP) is 1.10. The molecule has 0 amide bonds. The molecule has 1 heterocycles. The van der Waals surface area contributed by atoms with Crippen LogP contribution in [0.5, 0.6) is 0 Å². The van der Waals surface area contributed by atoms with Gasteiger partial charge in [-0.3, -0.25) is 9.69 Å². The van der Waals surface area contributed by atoms with Crippen LogP contribution in [0.1, 0.15) is 17.5 Å². The van der Waals surface area contributed by atoms with Gasteiger partial charge in [0.15, 0.2) is 0 Å². The van der Waals surface area contributed by atoms with Crippen LogP contribution >= 0.6 is 0 Å². The number of benzene rings is 1. The Bertz CT molecular complexity index is 433. The highest BCUT2D eigenvalue weighted by atomic mass is 16.5. The van der Waals surface area contributed by atoms with E-state index in [4.69, 9.17) is 4.74 Å². The minimum absolute atomic E-state index is 0.264. The summed E-state index contributed by atoms with van der Waals surface area (Å²) in [7, 11) is 1.39. The van der Waals surface area contributed by atoms with Crippen LogP contribution in [-0.2, 0) is 16.1 Å². The Morgan fingerprint density at radius 3 is 2.89 bits per heavy atom. The number of esters is 1. The summed E-state index contributed by atoms with van der Waals surface area (Å²) in [6.45, 7) is 3.24. The smallest absolute Gasteiger partial charge is 0.323 e. The van der Waals surface area contributed by atoms with Crippen molar-refractivity contribution in [2.24, 2.45) is 0 Å². The van der Waals surface area contributed by atoms with E-state index in [-0.39, 0.29) is 12.0 Å². The summed E-state index contributed by atoms with van der Waals surface area (Å²) in [6, 6.07) is 7.76. The third-order valence-electron chi connectivity index (χ3n) is 3.49. The summed E-state index contributed by atoms with van der Waals surface area (Å²) in [5.74, 6) is -0.264. The first kappa shape index (κ1) is 13.1. The lowest BCUT2D eigenvalue weighted by Gasteiger charge is -2.22. The fraction of sp³-hybridized carbons (Fsp3) is 0.500. The van der Waals surface area contributed by atoms with Crippen molar-refractivity contribution in [2.45, 2.75) is 32.0 Å². The molecule has 0 saturated carbocycles. The van der Waals surface area contributed by atoms with Crippen molar-refractivity contribution in [3.63, 3.8) is 0 Å². The molecular weight excluding hydrogens is 230 g/mol. The van der Waals surface area contributed by atoms with E-state index in [0.717, 1.165) is 0 Å². The average molecular weight is 249 g/mol. The summed E-state index contributed by atoms with van der Waals surface area (Å²) in [4.78, 5) is 13.7. The third kappa shape index (κ3) is 2.71. The molecule has 1 fully saturated rings. The topological polar surface area (TPSA) is 49.8 Å². The molecule has 2 rings (SSSR count). The highest BCUT2D eigenvalue weighted by Gasteiger charge is 2.36. The van der Waals surface area contributed by atoms with Crippen molar-refractivity contribution in [2.75, 3.05) is 13.7 Å². The zero-order valence-corrected chi connectivity index (χ0v) is 10.8. The summed E-state index contributed by atoms with van der Waals surface area (Å²) >= 11 is 0. The number of aliphatic hydroxyl groups excluding tert-OH is 1. The molecule has 1 aromatic rings. The average Bonchev–Trinajstić information content (AvgIpc) is 2.72. The second-order valence-electron chi connectivity index (χ2n) is 4.78. The van der Waals surface area contributed by atoms with E-state index in [1.54, 1.807) is 0 Å². The van der Waals surface area contributed by atoms with Gasteiger partial charge in [-0.25, -0.2) is 0 Å². The number of ether oxygens (including phenoxy) is 1. The highest BCUT2D eigenvalue weighted by molar-refractivity contribution is 5.76. The number of carbonyl (C=O) groups excluding carboxylic acids is 1. The van der Waals surface area contributed by atoms with Gasteiger partial charge in [0.1, 0.15) is 6.04 Å². The maximum Gasteiger partial charge on any atom is 0.323 e. The molecule has 18 heavy (non-hydrogen) atoms. The van der Waals surface area contributed by atoms with Crippen LogP contribution in [0.15, 0.2) is 24.3 Å². The maximum absolute atomic E-state index is 11.7. The molecule has 0 aromatic heterocycles. The number of nitrogens with zero attached hydrogens (tertiary/aromatic N) is 1. The van der Waals surface area contributed by atoms with Gasteiger partial charge >= 0.3 is 5.97 Å². The van der Waals surface area contributed by atoms with Crippen LogP contribution in [0, 0.1) is 6.92 Å². The molecule has 0 spiro atoms. The first-order valence-electron chi connectivity index (χ1n) is 6.16. The van der Waals surface area contributed by atoms with Crippen molar-refractivity contribution in [3.8, 4) is 0 Å². The maximum atomic E-state index is 11.7. The number of aliphatic hydroxyl groups is 1. The Morgan fingerprint density at radius 2 is 2.22 bits per heavy atom. The van der Waals surface area contributed by atoms with Gasteiger partial charge in [-0.1, -0.05) is 24.3 Å². The fourth-order valence-corrected chi connectivity index (χ4v) is 2.44. The van der Waals surface area contributed by atoms with E-state index < -0.39 is 6.10 Å². The van der Waals surface area contributed by atoms with E-state index in [9.17, 15) is 9.90 Å². The second kappa shape index (κ2) is 5.50. The number of methoxy groups -OCH3 is 1. The lowest BCUT2D eigenvalue weighted by atomic mass is 10.1. The Morgan fingerprint density at radius 1 is 1.50 bits per heavy atom. The fourth-order valence-electron chi connectivity index (χ4n) is 2.44. The van der Waals surface area contributed by atoms with Crippen molar-refractivity contribution in [1.29, 1.82) is 0 Å². The zero-order valence-electron chi connectivity index (χ0n) is 10.8. The van der Waals surface area contributed by atoms with Gasteiger partial charge in [-0.2, -0.15) is 0 Å². The molecule has 1 aromatic carbocycles. The van der Waals surface area contributed by atoms with E-state index in [2.05, 4.69) is 13.0 Å². The Kier molecular flexibility index (Phi) is 3.99. The number of β-amino-alcohol motifs (C(OH)–C–C–N with tert-alkyl or cyclic N) is 1. The molecule has 4 heteroatoms. The number of carbonyl (C=O) groups is 1. The molecule has 1 aliphatic rings. The van der Waals surface area contributed by atoms with Gasteiger partial charge < -0.3 is 9.84 Å². The molecule has 4 nitrogen and oxygen atoms in total. The van der Waals surface area contributed by atoms with Gasteiger partial charge in [-0.05, 0) is 18.1 Å². The molecule has 0 aliphatic carbocycles. The molecule has 0 radical (unpaired) electrons. The normalized spacial score (nSPS) is 24.2. The molecular formula is C14H19NO3. The molecule has 0 bridgehead atoms. The summed E-state index contributed by atoms with van der Waals surface area (Å²) in [5, 5.41) is 9.71. The molecule has 98 valence electrons. The van der Waals surface area contributed by atoms with E-state index in [1.807, 2.05) is 23.1 Å².